The Balaban J connectivity index is 1.63. The fourth-order valence-electron chi connectivity index (χ4n) is 3.17. The number of halogens is 3. The number of carbonyl (C=O) groups excluding carboxylic acids is 1. The highest BCUT2D eigenvalue weighted by atomic mass is 19.4. The molecule has 0 saturated heterocycles. The van der Waals surface area contributed by atoms with Crippen molar-refractivity contribution in [3.05, 3.63) is 90.0 Å². The summed E-state index contributed by atoms with van der Waals surface area (Å²) in [5.74, 6) is -0.271. The Kier molecular flexibility index (Phi) is 4.99. The average molecular weight is 410 g/mol. The van der Waals surface area contributed by atoms with Crippen LogP contribution in [0, 0.1) is 0 Å². The minimum Gasteiger partial charge on any atom is -0.336 e. The van der Waals surface area contributed by atoms with Crippen molar-refractivity contribution in [1.29, 1.82) is 0 Å². The predicted molar refractivity (Wildman–Crippen MR) is 106 cm³/mol. The number of nitrogens with zero attached hydrogens (tertiary/aromatic N) is 4. The van der Waals surface area contributed by atoms with E-state index in [0.29, 0.717) is 23.4 Å². The number of alkyl halides is 3. The van der Waals surface area contributed by atoms with Crippen LogP contribution in [0.15, 0.2) is 73.2 Å². The highest BCUT2D eigenvalue weighted by molar-refractivity contribution is 5.92. The Hall–Kier alpha value is -3.68. The van der Waals surface area contributed by atoms with Crippen LogP contribution in [0.1, 0.15) is 21.6 Å². The molecule has 2 aromatic carbocycles. The van der Waals surface area contributed by atoms with Crippen LogP contribution in [0.2, 0.25) is 0 Å². The lowest BCUT2D eigenvalue weighted by molar-refractivity contribution is -0.137. The third kappa shape index (κ3) is 3.89. The molecule has 2 aromatic heterocycles. The first-order chi connectivity index (χ1) is 14.3. The van der Waals surface area contributed by atoms with E-state index in [2.05, 4.69) is 9.97 Å². The van der Waals surface area contributed by atoms with Gasteiger partial charge >= 0.3 is 6.18 Å². The molecule has 1 amide bonds. The molecule has 0 aliphatic carbocycles. The van der Waals surface area contributed by atoms with Crippen molar-refractivity contribution in [2.75, 3.05) is 7.05 Å². The number of aromatic nitrogens is 3. The molecule has 0 spiro atoms. The second-order valence-corrected chi connectivity index (χ2v) is 6.87. The zero-order chi connectivity index (χ0) is 21.3. The average Bonchev–Trinajstić information content (AvgIpc) is 3.16. The smallest absolute Gasteiger partial charge is 0.336 e. The van der Waals surface area contributed by atoms with Crippen molar-refractivity contribution in [1.82, 2.24) is 19.3 Å². The third-order valence-corrected chi connectivity index (χ3v) is 4.73. The molecule has 0 unspecified atom stereocenters. The van der Waals surface area contributed by atoms with Gasteiger partial charge < -0.3 is 4.90 Å². The molecule has 4 aromatic rings. The Morgan fingerprint density at radius 2 is 1.70 bits per heavy atom. The minimum atomic E-state index is -4.40. The summed E-state index contributed by atoms with van der Waals surface area (Å²) in [6.45, 7) is 0.426. The van der Waals surface area contributed by atoms with Gasteiger partial charge in [0.1, 0.15) is 5.69 Å². The number of benzene rings is 2. The molecule has 0 radical (unpaired) electrons. The molecule has 0 aliphatic rings. The van der Waals surface area contributed by atoms with Gasteiger partial charge in [0.2, 0.25) is 0 Å². The van der Waals surface area contributed by atoms with Crippen molar-refractivity contribution in [3.8, 4) is 11.3 Å². The lowest BCUT2D eigenvalue weighted by Gasteiger charge is -2.17. The van der Waals surface area contributed by atoms with Crippen molar-refractivity contribution in [2.45, 2.75) is 12.7 Å². The van der Waals surface area contributed by atoms with E-state index in [1.165, 1.54) is 18.3 Å². The van der Waals surface area contributed by atoms with E-state index in [1.807, 2.05) is 30.3 Å². The Labute approximate surface area is 170 Å². The Morgan fingerprint density at radius 1 is 1.00 bits per heavy atom. The van der Waals surface area contributed by atoms with E-state index < -0.39 is 11.7 Å². The van der Waals surface area contributed by atoms with Crippen LogP contribution >= 0.6 is 0 Å². The second-order valence-electron chi connectivity index (χ2n) is 6.87. The van der Waals surface area contributed by atoms with E-state index in [-0.39, 0.29) is 11.6 Å². The molecule has 0 atom stereocenters. The predicted octanol–water partition coefficient (Wildman–Crippen LogP) is 4.69. The summed E-state index contributed by atoms with van der Waals surface area (Å²) in [4.78, 5) is 22.8. The molecule has 0 bridgehead atoms. The van der Waals surface area contributed by atoms with Crippen molar-refractivity contribution < 1.29 is 18.0 Å². The van der Waals surface area contributed by atoms with Crippen LogP contribution in [-0.2, 0) is 12.7 Å². The maximum Gasteiger partial charge on any atom is 0.416 e. The van der Waals surface area contributed by atoms with Gasteiger partial charge in [0.25, 0.3) is 5.91 Å². The summed E-state index contributed by atoms with van der Waals surface area (Å²) in [6.07, 6.45) is 0.169. The summed E-state index contributed by atoms with van der Waals surface area (Å²) in [5, 5.41) is 0. The fourth-order valence-corrected chi connectivity index (χ4v) is 3.17. The van der Waals surface area contributed by atoms with Gasteiger partial charge in [0, 0.05) is 25.4 Å². The van der Waals surface area contributed by atoms with Gasteiger partial charge in [-0.2, -0.15) is 13.2 Å². The van der Waals surface area contributed by atoms with Crippen LogP contribution in [0.5, 0.6) is 0 Å². The van der Waals surface area contributed by atoms with Gasteiger partial charge in [-0.05, 0) is 17.7 Å². The summed E-state index contributed by atoms with van der Waals surface area (Å²) in [7, 11) is 1.69. The van der Waals surface area contributed by atoms with E-state index in [9.17, 15) is 18.0 Å². The maximum absolute atomic E-state index is 12.8. The third-order valence-electron chi connectivity index (χ3n) is 4.73. The van der Waals surface area contributed by atoms with Crippen LogP contribution in [0.4, 0.5) is 13.2 Å². The van der Waals surface area contributed by atoms with Crippen molar-refractivity contribution >= 4 is 11.6 Å². The minimum absolute atomic E-state index is 0.215. The van der Waals surface area contributed by atoms with E-state index in [0.717, 1.165) is 17.7 Å². The molecule has 152 valence electrons. The molecule has 0 fully saturated rings. The highest BCUT2D eigenvalue weighted by Gasteiger charge is 2.30. The van der Waals surface area contributed by atoms with Crippen LogP contribution in [-0.4, -0.2) is 32.2 Å². The number of carbonyl (C=O) groups is 1. The molecule has 2 heterocycles. The molecule has 5 nitrogen and oxygen atoms in total. The number of fused-ring (bicyclic) bond motifs is 1. The zero-order valence-corrected chi connectivity index (χ0v) is 16.0. The van der Waals surface area contributed by atoms with Crippen molar-refractivity contribution in [2.24, 2.45) is 0 Å². The Morgan fingerprint density at radius 3 is 2.37 bits per heavy atom. The molecule has 0 aliphatic heterocycles. The molecular formula is C22H17F3N4O. The van der Waals surface area contributed by atoms with Gasteiger partial charge in [-0.15, -0.1) is 0 Å². The summed E-state index contributed by atoms with van der Waals surface area (Å²) < 4.78 is 40.1. The fraction of sp³-hybridized carbons (Fsp3) is 0.136. The number of rotatable bonds is 4. The number of hydrogen-bond acceptors (Lipinski definition) is 3. The highest BCUT2D eigenvalue weighted by Crippen LogP contribution is 2.31. The molecular weight excluding hydrogens is 393 g/mol. The zero-order valence-electron chi connectivity index (χ0n) is 16.0. The first-order valence-electron chi connectivity index (χ1n) is 9.13. The molecule has 4 rings (SSSR count). The van der Waals surface area contributed by atoms with Gasteiger partial charge in [0.15, 0.2) is 5.65 Å². The molecule has 8 heteroatoms. The maximum atomic E-state index is 12.8. The molecule has 0 saturated carbocycles. The molecule has 0 N–H and O–H groups in total. The SMILES string of the molecule is CN(Cc1ccccc1)C(=O)c1cn2c(-c3ccc(C(F)(F)F)cc3)cnc2cn1. The van der Waals surface area contributed by atoms with Crippen molar-refractivity contribution in [3.63, 3.8) is 0 Å². The normalized spacial score (nSPS) is 11.6. The van der Waals surface area contributed by atoms with Gasteiger partial charge in [-0.1, -0.05) is 42.5 Å². The summed E-state index contributed by atoms with van der Waals surface area (Å²) in [6, 6.07) is 14.4. The number of imidazole rings is 1. The largest absolute Gasteiger partial charge is 0.416 e. The van der Waals surface area contributed by atoms with E-state index >= 15 is 0 Å². The second kappa shape index (κ2) is 7.62. The first-order valence-corrected chi connectivity index (χ1v) is 9.13. The summed E-state index contributed by atoms with van der Waals surface area (Å²) in [5.41, 5.74) is 2.10. The van der Waals surface area contributed by atoms with Crippen LogP contribution in [0.3, 0.4) is 0 Å². The van der Waals surface area contributed by atoms with Gasteiger partial charge in [-0.3, -0.25) is 9.20 Å². The Bertz CT molecular complexity index is 1180. The number of amides is 1. The lowest BCUT2D eigenvalue weighted by Crippen LogP contribution is -2.27. The van der Waals surface area contributed by atoms with Crippen LogP contribution in [0.25, 0.3) is 16.9 Å². The molecule has 30 heavy (non-hydrogen) atoms. The number of hydrogen-bond donors (Lipinski definition) is 0. The summed E-state index contributed by atoms with van der Waals surface area (Å²) >= 11 is 0. The van der Waals surface area contributed by atoms with Gasteiger partial charge in [-0.25, -0.2) is 9.97 Å². The van der Waals surface area contributed by atoms with Crippen LogP contribution < -0.4 is 0 Å². The lowest BCUT2D eigenvalue weighted by atomic mass is 10.1. The van der Waals surface area contributed by atoms with Gasteiger partial charge in [0.05, 0.1) is 23.7 Å². The van der Waals surface area contributed by atoms with E-state index in [1.54, 1.807) is 28.7 Å². The first kappa shape index (κ1) is 19.6. The quantitative estimate of drug-likeness (QED) is 0.491. The topological polar surface area (TPSA) is 50.5 Å². The monoisotopic (exact) mass is 410 g/mol. The standard InChI is InChI=1S/C22H17F3N4O/c1-28(13-15-5-3-2-4-6-15)21(30)18-14-29-19(11-27-20(29)12-26-18)16-7-9-17(10-8-16)22(23,24)25/h2-12,14H,13H2,1H3. The van der Waals surface area contributed by atoms with E-state index in [4.69, 9.17) is 0 Å².